The summed E-state index contributed by atoms with van der Waals surface area (Å²) in [6, 6.07) is -0.372. The molecule has 0 spiro atoms. The summed E-state index contributed by atoms with van der Waals surface area (Å²) in [5.74, 6) is -1.49. The lowest BCUT2D eigenvalue weighted by atomic mass is 9.85. The van der Waals surface area contributed by atoms with Gasteiger partial charge in [-0.1, -0.05) is 95.8 Å². The Hall–Kier alpha value is -2.65. The van der Waals surface area contributed by atoms with Gasteiger partial charge in [0.2, 0.25) is 5.91 Å². The Morgan fingerprint density at radius 3 is 2.27 bits per heavy atom. The van der Waals surface area contributed by atoms with Gasteiger partial charge in [0.05, 0.1) is 19.1 Å². The van der Waals surface area contributed by atoms with Gasteiger partial charge in [-0.15, -0.1) is 0 Å². The van der Waals surface area contributed by atoms with Crippen LogP contribution in [0.5, 0.6) is 0 Å². The van der Waals surface area contributed by atoms with Crippen molar-refractivity contribution in [2.45, 2.75) is 174 Å². The van der Waals surface area contributed by atoms with Gasteiger partial charge in [-0.3, -0.25) is 9.59 Å². The highest BCUT2D eigenvalue weighted by molar-refractivity contribution is 5.82. The average molecular weight is 674 g/mol. The van der Waals surface area contributed by atoms with Crippen LogP contribution in [0.15, 0.2) is 36.5 Å². The molecule has 2 fully saturated rings. The Morgan fingerprint density at radius 1 is 0.875 bits per heavy atom. The Kier molecular flexibility index (Phi) is 19.8. The van der Waals surface area contributed by atoms with Gasteiger partial charge in [-0.25, -0.2) is 4.79 Å². The van der Waals surface area contributed by atoms with Crippen molar-refractivity contribution in [1.29, 1.82) is 0 Å². The Bertz CT molecular complexity index is 1040. The van der Waals surface area contributed by atoms with Crippen LogP contribution in [0.25, 0.3) is 0 Å². The summed E-state index contributed by atoms with van der Waals surface area (Å²) in [6.45, 7) is 12.2. The van der Waals surface area contributed by atoms with E-state index in [0.717, 1.165) is 64.2 Å². The van der Waals surface area contributed by atoms with E-state index in [9.17, 15) is 14.4 Å². The quantitative estimate of drug-likeness (QED) is 0.0520. The minimum Gasteiger partial charge on any atom is -0.460 e. The van der Waals surface area contributed by atoms with Gasteiger partial charge in [0, 0.05) is 18.0 Å². The fourth-order valence-electron chi connectivity index (χ4n) is 6.03. The number of ether oxygens (including phenoxy) is 3. The number of urea groups is 1. The Labute approximate surface area is 291 Å². The molecule has 2 rings (SSSR count). The van der Waals surface area contributed by atoms with Crippen LogP contribution >= 0.6 is 0 Å². The monoisotopic (exact) mass is 674 g/mol. The lowest BCUT2D eigenvalue weighted by Crippen LogP contribution is -2.56. The largest absolute Gasteiger partial charge is 0.460 e. The van der Waals surface area contributed by atoms with Crippen molar-refractivity contribution in [3.8, 4) is 0 Å². The van der Waals surface area contributed by atoms with Crippen LogP contribution in [0.1, 0.15) is 144 Å². The first-order valence-electron chi connectivity index (χ1n) is 18.7. The molecule has 3 N–H and O–H groups in total. The molecule has 0 bridgehead atoms. The fourth-order valence-corrected chi connectivity index (χ4v) is 6.03. The number of carbonyl (C=O) groups is 3. The van der Waals surface area contributed by atoms with Crippen LogP contribution in [-0.2, 0) is 23.8 Å². The summed E-state index contributed by atoms with van der Waals surface area (Å²) in [6.07, 6.45) is 28.0. The number of amides is 3. The number of allylic oxidation sites excluding steroid dienone is 6. The van der Waals surface area contributed by atoms with E-state index in [-0.39, 0.29) is 49.1 Å². The molecular formula is C39H67N3O6. The summed E-state index contributed by atoms with van der Waals surface area (Å²) in [5, 5.41) is 9.01. The summed E-state index contributed by atoms with van der Waals surface area (Å²) >= 11 is 0. The predicted molar refractivity (Wildman–Crippen MR) is 193 cm³/mol. The number of nitrogens with one attached hydrogen (secondary N) is 3. The Morgan fingerprint density at radius 2 is 1.54 bits per heavy atom. The van der Waals surface area contributed by atoms with Crippen molar-refractivity contribution < 1.29 is 28.6 Å². The first-order valence-corrected chi connectivity index (χ1v) is 18.7. The maximum atomic E-state index is 12.9. The number of hydrogen-bond donors (Lipinski definition) is 3. The van der Waals surface area contributed by atoms with Gasteiger partial charge in [-0.05, 0) is 78.6 Å². The minimum atomic E-state index is -0.844. The molecule has 0 aromatic rings. The lowest BCUT2D eigenvalue weighted by Gasteiger charge is -2.44. The zero-order valence-corrected chi connectivity index (χ0v) is 31.0. The molecule has 3 amide bonds. The third kappa shape index (κ3) is 17.7. The minimum absolute atomic E-state index is 0.0517. The molecule has 4 unspecified atom stereocenters. The van der Waals surface area contributed by atoms with Gasteiger partial charge >= 0.3 is 12.0 Å². The zero-order valence-electron chi connectivity index (χ0n) is 31.0. The smallest absolute Gasteiger partial charge is 0.315 e. The molecule has 48 heavy (non-hydrogen) atoms. The molecule has 1 heterocycles. The molecule has 9 heteroatoms. The molecule has 1 aliphatic carbocycles. The van der Waals surface area contributed by atoms with Crippen LogP contribution < -0.4 is 16.0 Å². The van der Waals surface area contributed by atoms with Crippen molar-refractivity contribution in [1.82, 2.24) is 16.0 Å². The molecule has 0 radical (unpaired) electrons. The molecule has 1 aliphatic heterocycles. The highest BCUT2D eigenvalue weighted by Crippen LogP contribution is 2.34. The molecule has 1 saturated carbocycles. The lowest BCUT2D eigenvalue weighted by molar-refractivity contribution is -0.304. The highest BCUT2D eigenvalue weighted by Gasteiger charge is 2.45. The van der Waals surface area contributed by atoms with Crippen molar-refractivity contribution in [3.63, 3.8) is 0 Å². The van der Waals surface area contributed by atoms with Crippen molar-refractivity contribution in [2.24, 2.45) is 5.41 Å². The molecule has 0 aromatic carbocycles. The van der Waals surface area contributed by atoms with Crippen molar-refractivity contribution in [3.05, 3.63) is 36.5 Å². The maximum absolute atomic E-state index is 12.9. The van der Waals surface area contributed by atoms with Crippen LogP contribution in [0.3, 0.4) is 0 Å². The normalized spacial score (nSPS) is 23.2. The van der Waals surface area contributed by atoms with Crippen molar-refractivity contribution in [2.75, 3.05) is 13.2 Å². The molecule has 9 nitrogen and oxygen atoms in total. The van der Waals surface area contributed by atoms with E-state index in [2.05, 4.69) is 59.3 Å². The van der Waals surface area contributed by atoms with Gasteiger partial charge in [0.25, 0.3) is 0 Å². The third-order valence-electron chi connectivity index (χ3n) is 8.96. The molecule has 1 saturated heterocycles. The third-order valence-corrected chi connectivity index (χ3v) is 8.96. The summed E-state index contributed by atoms with van der Waals surface area (Å²) in [7, 11) is 0. The molecular weight excluding hydrogens is 606 g/mol. The van der Waals surface area contributed by atoms with Gasteiger partial charge in [-0.2, -0.15) is 0 Å². The van der Waals surface area contributed by atoms with E-state index >= 15 is 0 Å². The Balaban J connectivity index is 1.62. The first-order chi connectivity index (χ1) is 22.9. The van der Waals surface area contributed by atoms with E-state index < -0.39 is 17.3 Å². The van der Waals surface area contributed by atoms with Crippen molar-refractivity contribution >= 4 is 17.9 Å². The molecule has 2 aliphatic rings. The summed E-state index contributed by atoms with van der Waals surface area (Å²) in [4.78, 5) is 38.5. The summed E-state index contributed by atoms with van der Waals surface area (Å²) < 4.78 is 17.4. The van der Waals surface area contributed by atoms with Crippen LogP contribution in [0, 0.1) is 5.41 Å². The fraction of sp³-hybridized carbons (Fsp3) is 0.769. The standard InChI is InChI=1S/C39H67N3O6/c1-7-8-9-10-11-12-13-14-15-16-17-18-19-20-22-25-31(2)41-37(45)42-32-26-23-21-24-27-33(32)47-34(43)28-29-40-36(44)35-38(3,4)30-46-39(5,6)48-35/h9-10,12-13,15-16,31-33,35H,7-8,11,14,17-30H2,1-6H3,(H,40,44)(H2,41,42,45). The second-order valence-electron chi connectivity index (χ2n) is 14.7. The maximum Gasteiger partial charge on any atom is 0.315 e. The van der Waals surface area contributed by atoms with Crippen LogP contribution in [-0.4, -0.2) is 61.1 Å². The molecule has 0 aromatic heterocycles. The van der Waals surface area contributed by atoms with Crippen LogP contribution in [0.4, 0.5) is 4.79 Å². The van der Waals surface area contributed by atoms with Gasteiger partial charge < -0.3 is 30.2 Å². The number of unbranched alkanes of at least 4 members (excludes halogenated alkanes) is 5. The number of rotatable bonds is 20. The predicted octanol–water partition coefficient (Wildman–Crippen LogP) is 8.19. The van der Waals surface area contributed by atoms with E-state index in [0.29, 0.717) is 13.0 Å². The van der Waals surface area contributed by atoms with E-state index in [1.807, 2.05) is 20.8 Å². The first kappa shape index (κ1) is 41.5. The number of hydrogen-bond acceptors (Lipinski definition) is 6. The van der Waals surface area contributed by atoms with Gasteiger partial charge in [0.1, 0.15) is 12.2 Å². The zero-order chi connectivity index (χ0) is 35.3. The average Bonchev–Trinajstić information content (AvgIpc) is 3.24. The SMILES string of the molecule is CCCC=CCC=CCC=CCCCCCCC(C)NC(=O)NC1CCCCCC1OC(=O)CCNC(=O)C1OC(C)(C)OCC1(C)C. The van der Waals surface area contributed by atoms with Crippen LogP contribution in [0.2, 0.25) is 0 Å². The summed E-state index contributed by atoms with van der Waals surface area (Å²) in [5.41, 5.74) is -0.488. The number of esters is 1. The van der Waals surface area contributed by atoms with E-state index in [1.54, 1.807) is 13.8 Å². The topological polar surface area (TPSA) is 115 Å². The number of carbonyl (C=O) groups excluding carboxylic acids is 3. The molecule has 274 valence electrons. The molecule has 4 atom stereocenters. The highest BCUT2D eigenvalue weighted by atomic mass is 16.7. The second kappa shape index (κ2) is 22.9. The van der Waals surface area contributed by atoms with Gasteiger partial charge in [0.15, 0.2) is 5.79 Å². The van der Waals surface area contributed by atoms with E-state index in [1.165, 1.54) is 25.7 Å². The second-order valence-corrected chi connectivity index (χ2v) is 14.7. The van der Waals surface area contributed by atoms with E-state index in [4.69, 9.17) is 14.2 Å².